The van der Waals surface area contributed by atoms with Crippen LogP contribution >= 0.6 is 23.2 Å². The molecule has 4 aromatic rings. The van der Waals surface area contributed by atoms with Gasteiger partial charge < -0.3 is 5.32 Å². The highest BCUT2D eigenvalue weighted by atomic mass is 35.5. The lowest BCUT2D eigenvalue weighted by atomic mass is 10.1. The summed E-state index contributed by atoms with van der Waals surface area (Å²) in [5.41, 5.74) is 2.89. The standard InChI is InChI=1S/C21H15Cl2N5O/c22-16-6-2-1-5-15(16)13-25-21(29)19-20(14-9-11-24-12-10-14)28(27-26-19)18-8-4-3-7-17(18)23/h1-12H,13H2,(H,25,29). The Labute approximate surface area is 177 Å². The van der Waals surface area contributed by atoms with Crippen LogP contribution < -0.4 is 5.32 Å². The third kappa shape index (κ3) is 3.99. The van der Waals surface area contributed by atoms with Crippen LogP contribution in [0.1, 0.15) is 16.1 Å². The maximum absolute atomic E-state index is 12.9. The Bertz CT molecular complexity index is 1160. The van der Waals surface area contributed by atoms with Gasteiger partial charge in [0.25, 0.3) is 5.91 Å². The molecule has 0 saturated carbocycles. The number of nitrogens with one attached hydrogen (secondary N) is 1. The molecule has 0 radical (unpaired) electrons. The van der Waals surface area contributed by atoms with Gasteiger partial charge in [-0.3, -0.25) is 9.78 Å². The van der Waals surface area contributed by atoms with Crippen LogP contribution in [0.2, 0.25) is 10.0 Å². The largest absolute Gasteiger partial charge is 0.346 e. The Kier molecular flexibility index (Phi) is 5.55. The van der Waals surface area contributed by atoms with Crippen molar-refractivity contribution in [3.63, 3.8) is 0 Å². The number of halogens is 2. The summed E-state index contributed by atoms with van der Waals surface area (Å²) in [5.74, 6) is -0.366. The van der Waals surface area contributed by atoms with Gasteiger partial charge in [-0.2, -0.15) is 0 Å². The molecule has 2 aromatic heterocycles. The van der Waals surface area contributed by atoms with Crippen molar-refractivity contribution in [1.29, 1.82) is 0 Å². The van der Waals surface area contributed by atoms with Gasteiger partial charge in [0.1, 0.15) is 5.69 Å². The zero-order valence-electron chi connectivity index (χ0n) is 15.1. The number of rotatable bonds is 5. The molecule has 0 aliphatic heterocycles. The number of carbonyl (C=O) groups excluding carboxylic acids is 1. The van der Waals surface area contributed by atoms with Crippen LogP contribution in [0.25, 0.3) is 16.9 Å². The average Bonchev–Trinajstić information content (AvgIpc) is 3.19. The molecule has 29 heavy (non-hydrogen) atoms. The second-order valence-electron chi connectivity index (χ2n) is 6.16. The molecule has 0 unspecified atom stereocenters. The van der Waals surface area contributed by atoms with Gasteiger partial charge in [0.05, 0.1) is 10.7 Å². The number of hydrogen-bond donors (Lipinski definition) is 1. The minimum atomic E-state index is -0.366. The van der Waals surface area contributed by atoms with E-state index < -0.39 is 0 Å². The molecular weight excluding hydrogens is 409 g/mol. The molecule has 0 atom stereocenters. The van der Waals surface area contributed by atoms with Crippen molar-refractivity contribution in [3.8, 4) is 16.9 Å². The number of carbonyl (C=O) groups is 1. The van der Waals surface area contributed by atoms with Crippen LogP contribution in [0, 0.1) is 0 Å². The molecule has 4 rings (SSSR count). The van der Waals surface area contributed by atoms with Crippen molar-refractivity contribution in [3.05, 3.63) is 94.4 Å². The summed E-state index contributed by atoms with van der Waals surface area (Å²) < 4.78 is 1.56. The Balaban J connectivity index is 1.73. The fourth-order valence-corrected chi connectivity index (χ4v) is 3.32. The zero-order valence-corrected chi connectivity index (χ0v) is 16.6. The van der Waals surface area contributed by atoms with Crippen LogP contribution in [0.3, 0.4) is 0 Å². The predicted molar refractivity (Wildman–Crippen MR) is 112 cm³/mol. The van der Waals surface area contributed by atoms with E-state index in [1.165, 1.54) is 0 Å². The summed E-state index contributed by atoms with van der Waals surface area (Å²) in [6, 6.07) is 18.1. The van der Waals surface area contributed by atoms with E-state index in [0.717, 1.165) is 11.1 Å². The number of nitrogens with zero attached hydrogens (tertiary/aromatic N) is 4. The monoisotopic (exact) mass is 423 g/mol. The molecule has 0 aliphatic rings. The number of benzene rings is 2. The average molecular weight is 424 g/mol. The van der Waals surface area contributed by atoms with Crippen molar-refractivity contribution < 1.29 is 4.79 Å². The van der Waals surface area contributed by atoms with Crippen molar-refractivity contribution >= 4 is 29.1 Å². The molecule has 8 heteroatoms. The molecule has 0 saturated heterocycles. The molecule has 2 aromatic carbocycles. The molecule has 1 amide bonds. The van der Waals surface area contributed by atoms with E-state index in [-0.39, 0.29) is 18.1 Å². The molecule has 0 fully saturated rings. The summed E-state index contributed by atoms with van der Waals surface area (Å²) >= 11 is 12.5. The van der Waals surface area contributed by atoms with Gasteiger partial charge in [-0.25, -0.2) is 4.68 Å². The quantitative estimate of drug-likeness (QED) is 0.510. The van der Waals surface area contributed by atoms with Crippen LogP contribution in [0.15, 0.2) is 73.1 Å². The van der Waals surface area contributed by atoms with Crippen molar-refractivity contribution in [2.45, 2.75) is 6.54 Å². The minimum Gasteiger partial charge on any atom is -0.346 e. The number of hydrogen-bond acceptors (Lipinski definition) is 4. The second-order valence-corrected chi connectivity index (χ2v) is 6.97. The van der Waals surface area contributed by atoms with E-state index in [2.05, 4.69) is 20.6 Å². The van der Waals surface area contributed by atoms with Crippen molar-refractivity contribution in [1.82, 2.24) is 25.3 Å². The first-order valence-electron chi connectivity index (χ1n) is 8.78. The van der Waals surface area contributed by atoms with Gasteiger partial charge in [0.15, 0.2) is 5.69 Å². The Morgan fingerprint density at radius 1 is 0.931 bits per heavy atom. The molecule has 0 aliphatic carbocycles. The molecule has 0 bridgehead atoms. The Morgan fingerprint density at radius 3 is 2.34 bits per heavy atom. The highest BCUT2D eigenvalue weighted by Gasteiger charge is 2.23. The maximum Gasteiger partial charge on any atom is 0.274 e. The summed E-state index contributed by atoms with van der Waals surface area (Å²) in [7, 11) is 0. The normalized spacial score (nSPS) is 10.7. The van der Waals surface area contributed by atoms with Crippen LogP contribution in [-0.4, -0.2) is 25.9 Å². The predicted octanol–water partition coefficient (Wildman–Crippen LogP) is 4.57. The van der Waals surface area contributed by atoms with E-state index in [4.69, 9.17) is 23.2 Å². The van der Waals surface area contributed by atoms with Crippen molar-refractivity contribution in [2.24, 2.45) is 0 Å². The fourth-order valence-electron chi connectivity index (χ4n) is 2.90. The van der Waals surface area contributed by atoms with E-state index in [0.29, 0.717) is 21.4 Å². The number of para-hydroxylation sites is 1. The third-order valence-electron chi connectivity index (χ3n) is 4.32. The Morgan fingerprint density at radius 2 is 1.62 bits per heavy atom. The summed E-state index contributed by atoms with van der Waals surface area (Å²) in [4.78, 5) is 17.0. The topological polar surface area (TPSA) is 72.7 Å². The van der Waals surface area contributed by atoms with Crippen molar-refractivity contribution in [2.75, 3.05) is 0 Å². The fraction of sp³-hybridized carbons (Fsp3) is 0.0476. The highest BCUT2D eigenvalue weighted by molar-refractivity contribution is 6.32. The lowest BCUT2D eigenvalue weighted by Gasteiger charge is -2.10. The van der Waals surface area contributed by atoms with Gasteiger partial charge in [-0.15, -0.1) is 5.10 Å². The van der Waals surface area contributed by atoms with E-state index in [9.17, 15) is 4.79 Å². The summed E-state index contributed by atoms with van der Waals surface area (Å²) in [5, 5.41) is 12.3. The smallest absolute Gasteiger partial charge is 0.274 e. The van der Waals surface area contributed by atoms with E-state index >= 15 is 0 Å². The number of aromatic nitrogens is 4. The first-order chi connectivity index (χ1) is 14.1. The SMILES string of the molecule is O=C(NCc1ccccc1Cl)c1nnn(-c2ccccc2Cl)c1-c1ccncc1. The summed E-state index contributed by atoms with van der Waals surface area (Å²) in [6.45, 7) is 0.271. The molecule has 6 nitrogen and oxygen atoms in total. The molecule has 0 spiro atoms. The summed E-state index contributed by atoms with van der Waals surface area (Å²) in [6.07, 6.45) is 3.29. The van der Waals surface area contributed by atoms with Crippen LogP contribution in [-0.2, 0) is 6.54 Å². The van der Waals surface area contributed by atoms with Gasteiger partial charge in [0.2, 0.25) is 0 Å². The van der Waals surface area contributed by atoms with Crippen LogP contribution in [0.5, 0.6) is 0 Å². The van der Waals surface area contributed by atoms with Gasteiger partial charge in [-0.05, 0) is 35.9 Å². The minimum absolute atomic E-state index is 0.183. The van der Waals surface area contributed by atoms with Crippen LogP contribution in [0.4, 0.5) is 0 Å². The second kappa shape index (κ2) is 8.43. The molecule has 1 N–H and O–H groups in total. The lowest BCUT2D eigenvalue weighted by molar-refractivity contribution is 0.0946. The highest BCUT2D eigenvalue weighted by Crippen LogP contribution is 2.28. The first kappa shape index (κ1) is 19.1. The molecule has 144 valence electrons. The molecular formula is C21H15Cl2N5O. The van der Waals surface area contributed by atoms with Gasteiger partial charge in [0, 0.05) is 29.5 Å². The van der Waals surface area contributed by atoms with E-state index in [1.807, 2.05) is 36.4 Å². The zero-order chi connectivity index (χ0) is 20.2. The van der Waals surface area contributed by atoms with Gasteiger partial charge in [-0.1, -0.05) is 58.7 Å². The number of amides is 1. The Hall–Kier alpha value is -3.22. The third-order valence-corrected chi connectivity index (χ3v) is 5.01. The molecule has 2 heterocycles. The van der Waals surface area contributed by atoms with E-state index in [1.54, 1.807) is 41.3 Å². The first-order valence-corrected chi connectivity index (χ1v) is 9.53. The van der Waals surface area contributed by atoms with Gasteiger partial charge >= 0.3 is 0 Å². The number of pyridine rings is 1. The lowest BCUT2D eigenvalue weighted by Crippen LogP contribution is -2.24. The maximum atomic E-state index is 12.9.